The summed E-state index contributed by atoms with van der Waals surface area (Å²) in [6, 6.07) is 3.14. The number of amides is 2. The summed E-state index contributed by atoms with van der Waals surface area (Å²) in [6.45, 7) is 2.02. The maximum absolute atomic E-state index is 13.6. The van der Waals surface area contributed by atoms with Crippen molar-refractivity contribution in [2.45, 2.75) is 56.3 Å². The summed E-state index contributed by atoms with van der Waals surface area (Å²) in [6.07, 6.45) is 2.43. The second-order valence-electron chi connectivity index (χ2n) is 8.67. The van der Waals surface area contributed by atoms with E-state index in [0.717, 1.165) is 37.9 Å². The van der Waals surface area contributed by atoms with Crippen molar-refractivity contribution >= 4 is 12.0 Å². The lowest BCUT2D eigenvalue weighted by Gasteiger charge is -2.54. The number of rotatable bonds is 3. The average Bonchev–Trinajstić information content (AvgIpc) is 3.20. The SMILES string of the molecule is COC(=O)N1CCN(C(=O)Cc2ccc(F)c(F)c2)[C@@H]2[C@@H](N3CC[C@H](O)C3)CCC[C@@H]21. The van der Waals surface area contributed by atoms with Crippen molar-refractivity contribution in [3.63, 3.8) is 0 Å². The van der Waals surface area contributed by atoms with Crippen LogP contribution in [0, 0.1) is 11.6 Å². The van der Waals surface area contributed by atoms with Crippen molar-refractivity contribution in [1.82, 2.24) is 14.7 Å². The predicted octanol–water partition coefficient (Wildman–Crippen LogP) is 1.77. The summed E-state index contributed by atoms with van der Waals surface area (Å²) in [5.74, 6) is -2.08. The van der Waals surface area contributed by atoms with Gasteiger partial charge in [-0.05, 0) is 43.4 Å². The van der Waals surface area contributed by atoms with Crippen LogP contribution in [-0.2, 0) is 16.0 Å². The van der Waals surface area contributed by atoms with Crippen LogP contribution in [0.5, 0.6) is 0 Å². The number of ether oxygens (including phenoxy) is 1. The van der Waals surface area contributed by atoms with Crippen molar-refractivity contribution in [3.05, 3.63) is 35.4 Å². The van der Waals surface area contributed by atoms with Crippen molar-refractivity contribution in [3.8, 4) is 0 Å². The van der Waals surface area contributed by atoms with Crippen molar-refractivity contribution in [2.24, 2.45) is 0 Å². The zero-order valence-corrected chi connectivity index (χ0v) is 17.7. The van der Waals surface area contributed by atoms with Gasteiger partial charge in [-0.2, -0.15) is 0 Å². The first kappa shape index (κ1) is 22.0. The molecule has 170 valence electrons. The Morgan fingerprint density at radius 3 is 2.48 bits per heavy atom. The number of methoxy groups -OCH3 is 1. The monoisotopic (exact) mass is 437 g/mol. The topological polar surface area (TPSA) is 73.3 Å². The molecule has 2 amide bonds. The first-order chi connectivity index (χ1) is 14.9. The van der Waals surface area contributed by atoms with Crippen LogP contribution in [0.4, 0.5) is 13.6 Å². The maximum Gasteiger partial charge on any atom is 0.409 e. The molecule has 0 aromatic heterocycles. The van der Waals surface area contributed by atoms with Gasteiger partial charge in [-0.3, -0.25) is 9.69 Å². The van der Waals surface area contributed by atoms with Crippen molar-refractivity contribution < 1.29 is 28.2 Å². The Kier molecular flexibility index (Phi) is 6.43. The molecular formula is C22H29F2N3O4. The molecule has 0 spiro atoms. The fourth-order valence-corrected chi connectivity index (χ4v) is 5.45. The largest absolute Gasteiger partial charge is 0.453 e. The van der Waals surface area contributed by atoms with Crippen LogP contribution in [0.15, 0.2) is 18.2 Å². The van der Waals surface area contributed by atoms with Gasteiger partial charge < -0.3 is 19.6 Å². The number of aliphatic hydroxyl groups excluding tert-OH is 1. The number of likely N-dealkylation sites (tertiary alicyclic amines) is 1. The zero-order valence-electron chi connectivity index (χ0n) is 17.7. The third-order valence-corrected chi connectivity index (χ3v) is 6.86. The Balaban J connectivity index is 1.60. The number of halogens is 2. The normalized spacial score (nSPS) is 29.0. The van der Waals surface area contributed by atoms with Gasteiger partial charge in [0.15, 0.2) is 11.6 Å². The Bertz CT molecular complexity index is 839. The van der Waals surface area contributed by atoms with E-state index in [2.05, 4.69) is 4.90 Å². The van der Waals surface area contributed by atoms with Crippen LogP contribution in [0.3, 0.4) is 0 Å². The smallest absolute Gasteiger partial charge is 0.409 e. The van der Waals surface area contributed by atoms with Gasteiger partial charge >= 0.3 is 6.09 Å². The first-order valence-corrected chi connectivity index (χ1v) is 10.9. The second-order valence-corrected chi connectivity index (χ2v) is 8.67. The molecule has 3 aliphatic rings. The van der Waals surface area contributed by atoms with Gasteiger partial charge in [-0.15, -0.1) is 0 Å². The van der Waals surface area contributed by atoms with Crippen LogP contribution >= 0.6 is 0 Å². The number of aliphatic hydroxyl groups is 1. The number of piperazine rings is 1. The Labute approximate surface area is 180 Å². The maximum atomic E-state index is 13.6. The van der Waals surface area contributed by atoms with E-state index in [1.807, 2.05) is 0 Å². The molecule has 1 saturated carbocycles. The molecule has 0 radical (unpaired) electrons. The summed E-state index contributed by atoms with van der Waals surface area (Å²) in [5, 5.41) is 10.0. The Morgan fingerprint density at radius 1 is 1.06 bits per heavy atom. The Hall–Kier alpha value is -2.26. The molecule has 2 saturated heterocycles. The minimum atomic E-state index is -0.972. The standard InChI is InChI=1S/C22H29F2N3O4/c1-31-22(30)26-9-10-27(20(29)12-14-5-6-16(23)17(24)11-14)21-18(3-2-4-19(21)26)25-8-7-15(28)13-25/h5-6,11,15,18-19,21,28H,2-4,7-10,12-13H2,1H3/t15-,18-,19-,21+/m0/s1. The van der Waals surface area contributed by atoms with Gasteiger partial charge in [-0.1, -0.05) is 6.07 Å². The quantitative estimate of drug-likeness (QED) is 0.781. The van der Waals surface area contributed by atoms with E-state index in [9.17, 15) is 23.5 Å². The summed E-state index contributed by atoms with van der Waals surface area (Å²) in [4.78, 5) is 31.4. The average molecular weight is 437 g/mol. The molecule has 4 rings (SSSR count). The van der Waals surface area contributed by atoms with Crippen LogP contribution in [0.1, 0.15) is 31.2 Å². The number of nitrogens with zero attached hydrogens (tertiary/aromatic N) is 3. The van der Waals surface area contributed by atoms with Crippen molar-refractivity contribution in [1.29, 1.82) is 0 Å². The number of hydrogen-bond acceptors (Lipinski definition) is 5. The van der Waals surface area contributed by atoms with E-state index in [-0.39, 0.29) is 36.6 Å². The van der Waals surface area contributed by atoms with E-state index >= 15 is 0 Å². The van der Waals surface area contributed by atoms with E-state index in [1.165, 1.54) is 13.2 Å². The number of carbonyl (C=O) groups excluding carboxylic acids is 2. The highest BCUT2D eigenvalue weighted by Gasteiger charge is 2.49. The number of carbonyl (C=O) groups is 2. The molecule has 0 unspecified atom stereocenters. The third kappa shape index (κ3) is 4.39. The molecular weight excluding hydrogens is 408 g/mol. The highest BCUT2D eigenvalue weighted by atomic mass is 19.2. The van der Waals surface area contributed by atoms with Crippen LogP contribution in [-0.4, -0.2) is 89.3 Å². The van der Waals surface area contributed by atoms with Gasteiger partial charge in [0.25, 0.3) is 0 Å². The highest BCUT2D eigenvalue weighted by molar-refractivity contribution is 5.80. The number of fused-ring (bicyclic) bond motifs is 1. The number of β-amino-alcohol motifs (C(OH)–C–C–N with tert-alkyl or cyclic N) is 1. The molecule has 1 aromatic carbocycles. The van der Waals surface area contributed by atoms with E-state index in [1.54, 1.807) is 9.80 Å². The fourth-order valence-electron chi connectivity index (χ4n) is 5.45. The molecule has 1 N–H and O–H groups in total. The van der Waals surface area contributed by atoms with Gasteiger partial charge in [0.2, 0.25) is 5.91 Å². The third-order valence-electron chi connectivity index (χ3n) is 6.86. The molecule has 1 aliphatic carbocycles. The molecule has 1 aromatic rings. The molecule has 9 heteroatoms. The lowest BCUT2D eigenvalue weighted by molar-refractivity contribution is -0.142. The lowest BCUT2D eigenvalue weighted by atomic mass is 9.81. The second kappa shape index (κ2) is 9.08. The fraction of sp³-hybridized carbons (Fsp3) is 0.636. The van der Waals surface area contributed by atoms with Crippen molar-refractivity contribution in [2.75, 3.05) is 33.3 Å². The van der Waals surface area contributed by atoms with Gasteiger partial charge in [-0.25, -0.2) is 13.6 Å². The highest BCUT2D eigenvalue weighted by Crippen LogP contribution is 2.35. The van der Waals surface area contributed by atoms with E-state index in [4.69, 9.17) is 4.74 Å². The Morgan fingerprint density at radius 2 is 1.81 bits per heavy atom. The van der Waals surface area contributed by atoms with Crippen LogP contribution in [0.2, 0.25) is 0 Å². The van der Waals surface area contributed by atoms with Crippen LogP contribution in [0.25, 0.3) is 0 Å². The van der Waals surface area contributed by atoms with E-state index in [0.29, 0.717) is 31.6 Å². The summed E-state index contributed by atoms with van der Waals surface area (Å²) >= 11 is 0. The molecule has 2 aliphatic heterocycles. The van der Waals surface area contributed by atoms with Gasteiger partial charge in [0, 0.05) is 32.2 Å². The predicted molar refractivity (Wildman–Crippen MR) is 108 cm³/mol. The number of benzene rings is 1. The summed E-state index contributed by atoms with van der Waals surface area (Å²) < 4.78 is 31.9. The molecule has 2 heterocycles. The minimum absolute atomic E-state index is 0.0252. The van der Waals surface area contributed by atoms with E-state index < -0.39 is 17.7 Å². The minimum Gasteiger partial charge on any atom is -0.453 e. The van der Waals surface area contributed by atoms with Gasteiger partial charge in [0.1, 0.15) is 0 Å². The summed E-state index contributed by atoms with van der Waals surface area (Å²) in [7, 11) is 1.36. The molecule has 4 atom stereocenters. The first-order valence-electron chi connectivity index (χ1n) is 10.9. The molecule has 31 heavy (non-hydrogen) atoms. The number of hydrogen-bond donors (Lipinski definition) is 1. The molecule has 7 nitrogen and oxygen atoms in total. The molecule has 3 fully saturated rings. The summed E-state index contributed by atoms with van der Waals surface area (Å²) in [5.41, 5.74) is 0.416. The lowest BCUT2D eigenvalue weighted by Crippen LogP contribution is -2.69. The molecule has 0 bridgehead atoms. The van der Waals surface area contributed by atoms with Gasteiger partial charge in [0.05, 0.1) is 31.7 Å². The van der Waals surface area contributed by atoms with Crippen LogP contribution < -0.4 is 0 Å². The zero-order chi connectivity index (χ0) is 22.1.